The normalized spacial score (nSPS) is 32.8. The van der Waals surface area contributed by atoms with Gasteiger partial charge in [-0.3, -0.25) is 0 Å². The Hall–Kier alpha value is -1.06. The first-order chi connectivity index (χ1) is 6.81. The zero-order valence-corrected chi connectivity index (χ0v) is 7.93. The van der Waals surface area contributed by atoms with Gasteiger partial charge in [-0.25, -0.2) is 0 Å². The van der Waals surface area contributed by atoms with Crippen molar-refractivity contribution in [3.63, 3.8) is 0 Å². The van der Waals surface area contributed by atoms with E-state index in [1.165, 1.54) is 0 Å². The van der Waals surface area contributed by atoms with Crippen molar-refractivity contribution in [3.8, 4) is 0 Å². The van der Waals surface area contributed by atoms with Gasteiger partial charge in [-0.1, -0.05) is 6.08 Å². The molecule has 14 heavy (non-hydrogen) atoms. The lowest BCUT2D eigenvalue weighted by atomic mass is 9.94. The zero-order valence-electron chi connectivity index (χ0n) is 7.93. The van der Waals surface area contributed by atoms with Gasteiger partial charge in [0.25, 0.3) is 0 Å². The Balaban J connectivity index is 2.03. The summed E-state index contributed by atoms with van der Waals surface area (Å²) in [6, 6.07) is 3.69. The van der Waals surface area contributed by atoms with E-state index < -0.39 is 0 Å². The third-order valence-electron chi connectivity index (χ3n) is 2.60. The largest absolute Gasteiger partial charge is 0.467 e. The third kappa shape index (κ3) is 1.74. The van der Waals surface area contributed by atoms with E-state index in [0.717, 1.165) is 5.76 Å². The number of hydrogen-bond acceptors (Lipinski definition) is 3. The molecule has 0 aromatic carbocycles. The third-order valence-corrected chi connectivity index (χ3v) is 2.60. The van der Waals surface area contributed by atoms with Crippen LogP contribution in [0.5, 0.6) is 0 Å². The van der Waals surface area contributed by atoms with Crippen LogP contribution >= 0.6 is 0 Å². The molecule has 0 bridgehead atoms. The van der Waals surface area contributed by atoms with Crippen LogP contribution in [0.3, 0.4) is 0 Å². The molecule has 3 nitrogen and oxygen atoms in total. The van der Waals surface area contributed by atoms with Gasteiger partial charge in [-0.05, 0) is 12.1 Å². The summed E-state index contributed by atoms with van der Waals surface area (Å²) in [5.41, 5.74) is 0. The van der Waals surface area contributed by atoms with Gasteiger partial charge in [-0.15, -0.1) is 6.58 Å². The van der Waals surface area contributed by atoms with E-state index in [9.17, 15) is 5.11 Å². The van der Waals surface area contributed by atoms with Crippen molar-refractivity contribution in [2.75, 3.05) is 6.61 Å². The molecule has 1 fully saturated rings. The predicted molar refractivity (Wildman–Crippen MR) is 51.7 cm³/mol. The summed E-state index contributed by atoms with van der Waals surface area (Å²) in [4.78, 5) is 0. The fraction of sp³-hybridized carbons (Fsp3) is 0.455. The van der Waals surface area contributed by atoms with Crippen LogP contribution in [0.2, 0.25) is 0 Å². The fourth-order valence-corrected chi connectivity index (χ4v) is 1.70. The summed E-state index contributed by atoms with van der Waals surface area (Å²) in [6.45, 7) is 4.17. The Morgan fingerprint density at radius 2 is 2.43 bits per heavy atom. The standard InChI is InChI=1S/C11H14O3/c1-2-8-7-14-11(6-9(8)12)10-4-3-5-13-10/h2-5,8-9,11-12H,1,6-7H2/t8-,9+,11-/m0/s1. The molecular formula is C11H14O3. The maximum absolute atomic E-state index is 9.75. The number of ether oxygens (including phenoxy) is 1. The molecule has 0 amide bonds. The molecule has 1 aliphatic heterocycles. The van der Waals surface area contributed by atoms with E-state index in [4.69, 9.17) is 9.15 Å². The van der Waals surface area contributed by atoms with Crippen molar-refractivity contribution in [2.45, 2.75) is 18.6 Å². The molecule has 2 rings (SSSR count). The monoisotopic (exact) mass is 194 g/mol. The topological polar surface area (TPSA) is 42.6 Å². The van der Waals surface area contributed by atoms with Crippen LogP contribution in [0.4, 0.5) is 0 Å². The minimum atomic E-state index is -0.378. The quantitative estimate of drug-likeness (QED) is 0.731. The van der Waals surface area contributed by atoms with Gasteiger partial charge in [0.1, 0.15) is 11.9 Å². The molecule has 1 aromatic rings. The summed E-state index contributed by atoms with van der Waals surface area (Å²) >= 11 is 0. The second kappa shape index (κ2) is 3.98. The average molecular weight is 194 g/mol. The summed E-state index contributed by atoms with van der Waals surface area (Å²) in [5, 5.41) is 9.75. The first-order valence-corrected chi connectivity index (χ1v) is 4.77. The highest BCUT2D eigenvalue weighted by atomic mass is 16.5. The van der Waals surface area contributed by atoms with Gasteiger partial charge in [0.2, 0.25) is 0 Å². The lowest BCUT2D eigenvalue weighted by Crippen LogP contribution is -2.32. The van der Waals surface area contributed by atoms with Crippen molar-refractivity contribution < 1.29 is 14.3 Å². The molecule has 1 aliphatic rings. The molecule has 0 unspecified atom stereocenters. The van der Waals surface area contributed by atoms with Gasteiger partial charge < -0.3 is 14.3 Å². The second-order valence-electron chi connectivity index (χ2n) is 3.54. The Kier molecular flexibility index (Phi) is 2.70. The van der Waals surface area contributed by atoms with Crippen molar-refractivity contribution in [2.24, 2.45) is 5.92 Å². The van der Waals surface area contributed by atoms with Crippen LogP contribution in [0.15, 0.2) is 35.5 Å². The minimum Gasteiger partial charge on any atom is -0.467 e. The van der Waals surface area contributed by atoms with Crippen LogP contribution in [-0.4, -0.2) is 17.8 Å². The molecule has 0 aliphatic carbocycles. The van der Waals surface area contributed by atoms with Crippen LogP contribution in [0, 0.1) is 5.92 Å². The number of hydrogen-bond donors (Lipinski definition) is 1. The zero-order chi connectivity index (χ0) is 9.97. The number of aliphatic hydroxyl groups is 1. The maximum atomic E-state index is 9.75. The van der Waals surface area contributed by atoms with Crippen LogP contribution in [-0.2, 0) is 4.74 Å². The highest BCUT2D eigenvalue weighted by molar-refractivity contribution is 5.04. The second-order valence-corrected chi connectivity index (χ2v) is 3.54. The number of furan rings is 1. The molecule has 0 saturated carbocycles. The van der Waals surface area contributed by atoms with E-state index in [2.05, 4.69) is 6.58 Å². The molecular weight excluding hydrogens is 180 g/mol. The van der Waals surface area contributed by atoms with Gasteiger partial charge in [0, 0.05) is 12.3 Å². The highest BCUT2D eigenvalue weighted by Gasteiger charge is 2.30. The molecule has 1 saturated heterocycles. The van der Waals surface area contributed by atoms with E-state index in [1.807, 2.05) is 12.1 Å². The van der Waals surface area contributed by atoms with Crippen molar-refractivity contribution in [1.82, 2.24) is 0 Å². The summed E-state index contributed by atoms with van der Waals surface area (Å²) in [5.74, 6) is 0.827. The smallest absolute Gasteiger partial charge is 0.132 e. The number of rotatable bonds is 2. The van der Waals surface area contributed by atoms with Gasteiger partial charge in [0.15, 0.2) is 0 Å². The predicted octanol–water partition coefficient (Wildman–Crippen LogP) is 1.90. The highest BCUT2D eigenvalue weighted by Crippen LogP contribution is 2.31. The molecule has 76 valence electrons. The SMILES string of the molecule is C=C[C@H]1CO[C@H](c2ccco2)C[C@H]1O. The Labute approximate surface area is 83.0 Å². The minimum absolute atomic E-state index is 0.0428. The summed E-state index contributed by atoms with van der Waals surface area (Å²) < 4.78 is 10.8. The van der Waals surface area contributed by atoms with Gasteiger partial charge >= 0.3 is 0 Å². The molecule has 0 spiro atoms. The first kappa shape index (κ1) is 9.49. The summed E-state index contributed by atoms with van der Waals surface area (Å²) in [7, 11) is 0. The maximum Gasteiger partial charge on any atom is 0.132 e. The van der Waals surface area contributed by atoms with E-state index >= 15 is 0 Å². The number of aliphatic hydroxyl groups excluding tert-OH is 1. The van der Waals surface area contributed by atoms with Crippen LogP contribution in [0.25, 0.3) is 0 Å². The Morgan fingerprint density at radius 3 is 3.00 bits per heavy atom. The van der Waals surface area contributed by atoms with E-state index in [-0.39, 0.29) is 18.1 Å². The fourth-order valence-electron chi connectivity index (χ4n) is 1.70. The molecule has 2 heterocycles. The van der Waals surface area contributed by atoms with E-state index in [1.54, 1.807) is 12.3 Å². The van der Waals surface area contributed by atoms with Gasteiger partial charge in [0.05, 0.1) is 19.0 Å². The summed E-state index contributed by atoms with van der Waals surface area (Å²) in [6.07, 6.45) is 3.44. The van der Waals surface area contributed by atoms with E-state index in [0.29, 0.717) is 13.0 Å². The lowest BCUT2D eigenvalue weighted by molar-refractivity contribution is -0.0781. The Morgan fingerprint density at radius 1 is 1.57 bits per heavy atom. The van der Waals surface area contributed by atoms with Gasteiger partial charge in [-0.2, -0.15) is 0 Å². The van der Waals surface area contributed by atoms with Crippen molar-refractivity contribution in [1.29, 1.82) is 0 Å². The molecule has 3 heteroatoms. The first-order valence-electron chi connectivity index (χ1n) is 4.77. The lowest BCUT2D eigenvalue weighted by Gasteiger charge is -2.30. The average Bonchev–Trinajstić information content (AvgIpc) is 2.70. The van der Waals surface area contributed by atoms with Crippen molar-refractivity contribution in [3.05, 3.63) is 36.8 Å². The molecule has 3 atom stereocenters. The van der Waals surface area contributed by atoms with Crippen LogP contribution in [0.1, 0.15) is 18.3 Å². The van der Waals surface area contributed by atoms with Crippen molar-refractivity contribution >= 4 is 0 Å². The molecule has 1 aromatic heterocycles. The van der Waals surface area contributed by atoms with Crippen LogP contribution < -0.4 is 0 Å². The Bertz CT molecular complexity index is 291. The molecule has 1 N–H and O–H groups in total. The molecule has 0 radical (unpaired) electrons.